The minimum Gasteiger partial charge on any atom is -0.323 e. The Bertz CT molecular complexity index is 1050. The van der Waals surface area contributed by atoms with Crippen molar-refractivity contribution in [3.63, 3.8) is 0 Å². The van der Waals surface area contributed by atoms with Gasteiger partial charge >= 0.3 is 0 Å². The Morgan fingerprint density at radius 2 is 1.88 bits per heavy atom. The molecular weight excluding hydrogens is 374 g/mol. The summed E-state index contributed by atoms with van der Waals surface area (Å²) in [6.07, 6.45) is 0. The van der Waals surface area contributed by atoms with Crippen molar-refractivity contribution in [1.29, 1.82) is 0 Å². The van der Waals surface area contributed by atoms with Gasteiger partial charge in [-0.05, 0) is 52.7 Å². The van der Waals surface area contributed by atoms with Crippen molar-refractivity contribution >= 4 is 38.3 Å². The number of fused-ring (bicyclic) bond motifs is 1. The summed E-state index contributed by atoms with van der Waals surface area (Å²) in [5.74, 6) is -0.410. The molecule has 3 aromatic rings. The van der Waals surface area contributed by atoms with Gasteiger partial charge in [0.1, 0.15) is 6.54 Å². The Kier molecular flexibility index (Phi) is 4.35. The van der Waals surface area contributed by atoms with Crippen LogP contribution in [0, 0.1) is 6.92 Å². The van der Waals surface area contributed by atoms with E-state index in [1.165, 1.54) is 0 Å². The van der Waals surface area contributed by atoms with E-state index in [0.29, 0.717) is 11.1 Å². The molecule has 3 rings (SSSR count). The first-order chi connectivity index (χ1) is 11.5. The van der Waals surface area contributed by atoms with Gasteiger partial charge in [-0.25, -0.2) is 4.68 Å². The SMILES string of the molecule is Cc1ccc(NC(=O)Cn2[nH]c(=O)c3ccccc3c2=O)c(Br)c1. The minimum absolute atomic E-state index is 0.279. The zero-order valence-electron chi connectivity index (χ0n) is 12.8. The van der Waals surface area contributed by atoms with Crippen LogP contribution in [0.4, 0.5) is 5.69 Å². The average Bonchev–Trinajstić information content (AvgIpc) is 2.55. The van der Waals surface area contributed by atoms with Crippen LogP contribution in [0.1, 0.15) is 5.56 Å². The van der Waals surface area contributed by atoms with E-state index in [9.17, 15) is 14.4 Å². The molecule has 2 aromatic carbocycles. The van der Waals surface area contributed by atoms with Gasteiger partial charge in [0, 0.05) is 4.47 Å². The number of nitrogens with one attached hydrogen (secondary N) is 2. The lowest BCUT2D eigenvalue weighted by Crippen LogP contribution is -2.34. The molecule has 0 saturated heterocycles. The highest BCUT2D eigenvalue weighted by Crippen LogP contribution is 2.23. The standard InChI is InChI=1S/C17H14BrN3O3/c1-10-6-7-14(13(18)8-10)19-15(22)9-21-17(24)12-5-3-2-4-11(12)16(23)20-21/h2-8H,9H2,1H3,(H,19,22)(H,20,23). The number of aromatic amines is 1. The fraction of sp³-hybridized carbons (Fsp3) is 0.118. The number of nitrogens with zero attached hydrogens (tertiary/aromatic N) is 1. The molecule has 7 heteroatoms. The Hall–Kier alpha value is -2.67. The summed E-state index contributed by atoms with van der Waals surface area (Å²) >= 11 is 3.38. The fourth-order valence-corrected chi connectivity index (χ4v) is 3.01. The van der Waals surface area contributed by atoms with Crippen LogP contribution >= 0.6 is 15.9 Å². The van der Waals surface area contributed by atoms with Gasteiger partial charge in [-0.2, -0.15) is 0 Å². The van der Waals surface area contributed by atoms with Crippen LogP contribution in [0.2, 0.25) is 0 Å². The maximum atomic E-state index is 12.4. The minimum atomic E-state index is -0.414. The van der Waals surface area contributed by atoms with E-state index in [0.717, 1.165) is 14.7 Å². The fourth-order valence-electron chi connectivity index (χ4n) is 2.41. The summed E-state index contributed by atoms with van der Waals surface area (Å²) in [5, 5.41) is 5.74. The molecule has 2 N–H and O–H groups in total. The number of aryl methyl sites for hydroxylation is 1. The number of carbonyl (C=O) groups excluding carboxylic acids is 1. The first-order valence-corrected chi connectivity index (χ1v) is 8.03. The highest BCUT2D eigenvalue weighted by atomic mass is 79.9. The van der Waals surface area contributed by atoms with E-state index < -0.39 is 17.0 Å². The number of hydrogen-bond acceptors (Lipinski definition) is 3. The third-order valence-corrected chi connectivity index (χ3v) is 4.24. The Balaban J connectivity index is 1.90. The first kappa shape index (κ1) is 16.2. The van der Waals surface area contributed by atoms with E-state index >= 15 is 0 Å². The molecule has 24 heavy (non-hydrogen) atoms. The smallest absolute Gasteiger partial charge is 0.273 e. The monoisotopic (exact) mass is 387 g/mol. The summed E-state index contributed by atoms with van der Waals surface area (Å²) in [4.78, 5) is 36.6. The molecular formula is C17H14BrN3O3. The van der Waals surface area contributed by atoms with Crippen LogP contribution in [-0.2, 0) is 11.3 Å². The lowest BCUT2D eigenvalue weighted by molar-refractivity contribution is -0.117. The van der Waals surface area contributed by atoms with Crippen LogP contribution in [0.5, 0.6) is 0 Å². The zero-order chi connectivity index (χ0) is 17.3. The molecule has 0 bridgehead atoms. The van der Waals surface area contributed by atoms with Gasteiger partial charge in [0.25, 0.3) is 11.1 Å². The van der Waals surface area contributed by atoms with Crippen molar-refractivity contribution in [3.8, 4) is 0 Å². The summed E-state index contributed by atoms with van der Waals surface area (Å²) in [6.45, 7) is 1.66. The molecule has 0 fully saturated rings. The number of benzene rings is 2. The highest BCUT2D eigenvalue weighted by molar-refractivity contribution is 9.10. The van der Waals surface area contributed by atoms with Crippen molar-refractivity contribution in [3.05, 3.63) is 73.2 Å². The molecule has 1 heterocycles. The summed E-state index contributed by atoms with van der Waals surface area (Å²) < 4.78 is 1.76. The largest absolute Gasteiger partial charge is 0.323 e. The Labute approximate surface area is 145 Å². The number of H-pyrrole nitrogens is 1. The predicted octanol–water partition coefficient (Wildman–Crippen LogP) is 2.40. The van der Waals surface area contributed by atoms with Crippen molar-refractivity contribution in [2.24, 2.45) is 0 Å². The quantitative estimate of drug-likeness (QED) is 0.723. The number of amides is 1. The topological polar surface area (TPSA) is 84.0 Å². The zero-order valence-corrected chi connectivity index (χ0v) is 14.4. The molecule has 1 aromatic heterocycles. The van der Waals surface area contributed by atoms with Gasteiger partial charge in [-0.3, -0.25) is 19.5 Å². The van der Waals surface area contributed by atoms with Crippen LogP contribution in [-0.4, -0.2) is 15.7 Å². The van der Waals surface area contributed by atoms with Crippen LogP contribution in [0.15, 0.2) is 56.5 Å². The summed E-state index contributed by atoms with van der Waals surface area (Å²) in [6, 6.07) is 12.0. The molecule has 0 aliphatic rings. The van der Waals surface area contributed by atoms with Gasteiger partial charge < -0.3 is 5.32 Å². The summed E-state index contributed by atoms with van der Waals surface area (Å²) in [5.41, 5.74) is 0.828. The van der Waals surface area contributed by atoms with Gasteiger partial charge in [0.05, 0.1) is 16.5 Å². The van der Waals surface area contributed by atoms with E-state index in [-0.39, 0.29) is 11.9 Å². The van der Waals surface area contributed by atoms with E-state index in [1.807, 2.05) is 19.1 Å². The number of halogens is 1. The Morgan fingerprint density at radius 3 is 2.58 bits per heavy atom. The van der Waals surface area contributed by atoms with Gasteiger partial charge in [-0.15, -0.1) is 0 Å². The summed E-state index contributed by atoms with van der Waals surface area (Å²) in [7, 11) is 0. The van der Waals surface area contributed by atoms with Crippen LogP contribution in [0.3, 0.4) is 0 Å². The van der Waals surface area contributed by atoms with E-state index in [1.54, 1.807) is 30.3 Å². The lowest BCUT2D eigenvalue weighted by Gasteiger charge is -2.10. The third kappa shape index (κ3) is 3.16. The van der Waals surface area contributed by atoms with E-state index in [2.05, 4.69) is 26.3 Å². The number of rotatable bonds is 3. The van der Waals surface area contributed by atoms with Crippen LogP contribution in [0.25, 0.3) is 10.8 Å². The first-order valence-electron chi connectivity index (χ1n) is 7.23. The molecule has 0 atom stereocenters. The molecule has 0 unspecified atom stereocenters. The van der Waals surface area contributed by atoms with Crippen molar-refractivity contribution < 1.29 is 4.79 Å². The molecule has 1 amide bonds. The second-order valence-corrected chi connectivity index (χ2v) is 6.26. The Morgan fingerprint density at radius 1 is 1.17 bits per heavy atom. The van der Waals surface area contributed by atoms with Gasteiger partial charge in [0.2, 0.25) is 5.91 Å². The average molecular weight is 388 g/mol. The van der Waals surface area contributed by atoms with Gasteiger partial charge in [0.15, 0.2) is 0 Å². The molecule has 6 nitrogen and oxygen atoms in total. The lowest BCUT2D eigenvalue weighted by atomic mass is 10.2. The molecule has 0 spiro atoms. The highest BCUT2D eigenvalue weighted by Gasteiger charge is 2.11. The second-order valence-electron chi connectivity index (χ2n) is 5.41. The maximum absolute atomic E-state index is 12.4. The molecule has 0 aliphatic heterocycles. The van der Waals surface area contributed by atoms with E-state index in [4.69, 9.17) is 0 Å². The number of aromatic nitrogens is 2. The predicted molar refractivity (Wildman–Crippen MR) is 96.3 cm³/mol. The molecule has 0 saturated carbocycles. The number of hydrogen-bond donors (Lipinski definition) is 2. The molecule has 0 aliphatic carbocycles. The second kappa shape index (κ2) is 6.45. The van der Waals surface area contributed by atoms with Crippen molar-refractivity contribution in [1.82, 2.24) is 9.78 Å². The van der Waals surface area contributed by atoms with Crippen molar-refractivity contribution in [2.75, 3.05) is 5.32 Å². The number of carbonyl (C=O) groups is 1. The van der Waals surface area contributed by atoms with Gasteiger partial charge in [-0.1, -0.05) is 18.2 Å². The molecule has 122 valence electrons. The number of anilines is 1. The van der Waals surface area contributed by atoms with Crippen LogP contribution < -0.4 is 16.4 Å². The van der Waals surface area contributed by atoms with Crippen molar-refractivity contribution in [2.45, 2.75) is 13.5 Å². The maximum Gasteiger partial charge on any atom is 0.273 e. The third-order valence-electron chi connectivity index (χ3n) is 3.58. The molecule has 0 radical (unpaired) electrons. The normalized spacial score (nSPS) is 10.8.